The van der Waals surface area contributed by atoms with Crippen LogP contribution in [0.1, 0.15) is 31.2 Å². The highest BCUT2D eigenvalue weighted by Gasteiger charge is 2.22. The van der Waals surface area contributed by atoms with E-state index in [9.17, 15) is 9.90 Å². The van der Waals surface area contributed by atoms with Crippen LogP contribution in [0, 0.1) is 19.8 Å². The van der Waals surface area contributed by atoms with E-state index in [0.29, 0.717) is 12.5 Å². The highest BCUT2D eigenvalue weighted by atomic mass is 16.3. The smallest absolute Gasteiger partial charge is 0.238 e. The van der Waals surface area contributed by atoms with E-state index in [1.165, 1.54) is 0 Å². The highest BCUT2D eigenvalue weighted by molar-refractivity contribution is 5.93. The highest BCUT2D eigenvalue weighted by Crippen LogP contribution is 2.19. The second-order valence-electron chi connectivity index (χ2n) is 7.15. The Hall–Kier alpha value is -1.44. The number of piperidine rings is 1. The summed E-state index contributed by atoms with van der Waals surface area (Å²) in [5.74, 6) is 0.613. The zero-order valence-corrected chi connectivity index (χ0v) is 15.3. The molecular formula is C17H31N5O2. The number of likely N-dealkylation sites (N-methyl/N-ethyl adjacent to an activating group) is 1. The van der Waals surface area contributed by atoms with Crippen molar-refractivity contribution in [2.24, 2.45) is 5.92 Å². The number of nitrogens with zero attached hydrogens (tertiary/aromatic N) is 3. The summed E-state index contributed by atoms with van der Waals surface area (Å²) >= 11 is 0. The number of β-amino-alcohol motifs (C(OH)–C–C–N with tert-alkyl or cyclic N) is 1. The van der Waals surface area contributed by atoms with Crippen molar-refractivity contribution in [3.05, 3.63) is 11.4 Å². The fraction of sp³-hybridized carbons (Fsp3) is 0.765. The van der Waals surface area contributed by atoms with Crippen molar-refractivity contribution < 1.29 is 9.90 Å². The molecule has 136 valence electrons. The Labute approximate surface area is 144 Å². The number of aryl methyl sites for hydroxylation is 2. The van der Waals surface area contributed by atoms with E-state index in [4.69, 9.17) is 0 Å². The number of carbonyl (C=O) groups is 1. The third kappa shape index (κ3) is 5.58. The molecule has 2 heterocycles. The van der Waals surface area contributed by atoms with Crippen LogP contribution in [-0.2, 0) is 4.79 Å². The van der Waals surface area contributed by atoms with Crippen molar-refractivity contribution in [2.45, 2.75) is 39.7 Å². The number of aromatic nitrogens is 2. The molecule has 1 atom stereocenters. The minimum Gasteiger partial charge on any atom is -0.392 e. The standard InChI is InChI=1S/C17H31N5O2/c1-12(23)9-22-7-5-15(6-8-22)10-21(4)11-16(24)18-17-13(2)19-20-14(17)3/h12,15,23H,5-11H2,1-4H3,(H,18,24)(H,19,20). The SMILES string of the molecule is Cc1n[nH]c(C)c1NC(=O)CN(C)CC1CCN(CC(C)O)CC1. The molecule has 24 heavy (non-hydrogen) atoms. The van der Waals surface area contributed by atoms with Gasteiger partial charge in [0.15, 0.2) is 0 Å². The van der Waals surface area contributed by atoms with Crippen molar-refractivity contribution in [1.82, 2.24) is 20.0 Å². The molecule has 1 saturated heterocycles. The van der Waals surface area contributed by atoms with E-state index in [2.05, 4.69) is 25.3 Å². The van der Waals surface area contributed by atoms with Gasteiger partial charge in [-0.15, -0.1) is 0 Å². The number of carbonyl (C=O) groups excluding carboxylic acids is 1. The van der Waals surface area contributed by atoms with Crippen molar-refractivity contribution in [2.75, 3.05) is 45.1 Å². The quantitative estimate of drug-likeness (QED) is 0.691. The normalized spacial score (nSPS) is 18.1. The number of rotatable bonds is 7. The molecule has 1 aliphatic heterocycles. The molecule has 3 N–H and O–H groups in total. The minimum atomic E-state index is -0.261. The van der Waals surface area contributed by atoms with Crippen LogP contribution in [0.3, 0.4) is 0 Å². The van der Waals surface area contributed by atoms with Gasteiger partial charge >= 0.3 is 0 Å². The van der Waals surface area contributed by atoms with Gasteiger partial charge in [0.25, 0.3) is 0 Å². The first-order valence-corrected chi connectivity index (χ1v) is 8.75. The largest absolute Gasteiger partial charge is 0.392 e. The molecule has 1 fully saturated rings. The number of aliphatic hydroxyl groups excluding tert-OH is 1. The van der Waals surface area contributed by atoms with Crippen LogP contribution in [-0.4, -0.2) is 76.9 Å². The second-order valence-corrected chi connectivity index (χ2v) is 7.15. The van der Waals surface area contributed by atoms with Crippen LogP contribution < -0.4 is 5.32 Å². The van der Waals surface area contributed by atoms with Crippen LogP contribution in [0.2, 0.25) is 0 Å². The van der Waals surface area contributed by atoms with Crippen molar-refractivity contribution in [3.63, 3.8) is 0 Å². The minimum absolute atomic E-state index is 0.00311. The van der Waals surface area contributed by atoms with E-state index in [-0.39, 0.29) is 12.0 Å². The van der Waals surface area contributed by atoms with Crippen LogP contribution in [0.15, 0.2) is 0 Å². The predicted molar refractivity (Wildman–Crippen MR) is 95.0 cm³/mol. The first kappa shape index (κ1) is 18.9. The molecule has 7 heteroatoms. The summed E-state index contributed by atoms with van der Waals surface area (Å²) in [5, 5.41) is 19.4. The zero-order valence-electron chi connectivity index (χ0n) is 15.3. The third-order valence-electron chi connectivity index (χ3n) is 4.61. The molecule has 1 amide bonds. The Balaban J connectivity index is 1.71. The van der Waals surface area contributed by atoms with Crippen molar-refractivity contribution >= 4 is 11.6 Å². The molecule has 7 nitrogen and oxygen atoms in total. The summed E-state index contributed by atoms with van der Waals surface area (Å²) in [7, 11) is 2.00. The zero-order chi connectivity index (χ0) is 17.7. The number of amides is 1. The summed E-state index contributed by atoms with van der Waals surface area (Å²) < 4.78 is 0. The lowest BCUT2D eigenvalue weighted by Gasteiger charge is -2.34. The number of hydrogen-bond donors (Lipinski definition) is 3. The Morgan fingerprint density at radius 3 is 2.67 bits per heavy atom. The van der Waals surface area contributed by atoms with E-state index >= 15 is 0 Å². The number of aromatic amines is 1. The van der Waals surface area contributed by atoms with Gasteiger partial charge in [0.1, 0.15) is 0 Å². The number of aliphatic hydroxyl groups is 1. The molecule has 0 saturated carbocycles. The number of likely N-dealkylation sites (tertiary alicyclic amines) is 1. The third-order valence-corrected chi connectivity index (χ3v) is 4.61. The van der Waals surface area contributed by atoms with Gasteiger partial charge in [-0.1, -0.05) is 0 Å². The lowest BCUT2D eigenvalue weighted by Crippen LogP contribution is -2.41. The average molecular weight is 337 g/mol. The summed E-state index contributed by atoms with van der Waals surface area (Å²) in [5.41, 5.74) is 2.49. The van der Waals surface area contributed by atoms with E-state index in [1.54, 1.807) is 0 Å². The Morgan fingerprint density at radius 2 is 2.12 bits per heavy atom. The fourth-order valence-electron chi connectivity index (χ4n) is 3.39. The molecule has 0 bridgehead atoms. The van der Waals surface area contributed by atoms with Crippen molar-refractivity contribution in [1.29, 1.82) is 0 Å². The van der Waals surface area contributed by atoms with E-state index in [1.807, 2.05) is 27.8 Å². The summed E-state index contributed by atoms with van der Waals surface area (Å²) in [4.78, 5) is 16.6. The monoisotopic (exact) mass is 337 g/mol. The summed E-state index contributed by atoms with van der Waals surface area (Å²) in [6, 6.07) is 0. The van der Waals surface area contributed by atoms with Gasteiger partial charge in [-0.2, -0.15) is 5.10 Å². The maximum absolute atomic E-state index is 12.2. The summed E-state index contributed by atoms with van der Waals surface area (Å²) in [6.45, 7) is 9.75. The van der Waals surface area contributed by atoms with Crippen LogP contribution in [0.5, 0.6) is 0 Å². The lowest BCUT2D eigenvalue weighted by molar-refractivity contribution is -0.117. The lowest BCUT2D eigenvalue weighted by atomic mass is 9.96. The molecule has 0 aromatic carbocycles. The fourth-order valence-corrected chi connectivity index (χ4v) is 3.39. The van der Waals surface area contributed by atoms with Crippen LogP contribution >= 0.6 is 0 Å². The molecule has 1 aromatic rings. The van der Waals surface area contributed by atoms with Crippen molar-refractivity contribution in [3.8, 4) is 0 Å². The van der Waals surface area contributed by atoms with Gasteiger partial charge in [-0.3, -0.25) is 14.8 Å². The molecule has 0 aliphatic carbocycles. The van der Waals surface area contributed by atoms with Gasteiger partial charge in [-0.25, -0.2) is 0 Å². The van der Waals surface area contributed by atoms with Crippen LogP contribution in [0.4, 0.5) is 5.69 Å². The van der Waals surface area contributed by atoms with Gasteiger partial charge < -0.3 is 15.3 Å². The Bertz CT molecular complexity index is 516. The number of anilines is 1. The second kappa shape index (κ2) is 8.60. The number of nitrogens with one attached hydrogen (secondary N) is 2. The first-order chi connectivity index (χ1) is 11.3. The molecular weight excluding hydrogens is 306 g/mol. The van der Waals surface area contributed by atoms with E-state index < -0.39 is 0 Å². The van der Waals surface area contributed by atoms with Gasteiger partial charge in [0, 0.05) is 13.1 Å². The van der Waals surface area contributed by atoms with E-state index in [0.717, 1.165) is 56.1 Å². The molecule has 0 radical (unpaired) electrons. The van der Waals surface area contributed by atoms with Gasteiger partial charge in [0.05, 0.1) is 29.7 Å². The Morgan fingerprint density at radius 1 is 1.46 bits per heavy atom. The predicted octanol–water partition coefficient (Wildman–Crippen LogP) is 0.990. The maximum atomic E-state index is 12.2. The van der Waals surface area contributed by atoms with Gasteiger partial charge in [0.2, 0.25) is 5.91 Å². The molecule has 1 aromatic heterocycles. The molecule has 0 spiro atoms. The van der Waals surface area contributed by atoms with Gasteiger partial charge in [-0.05, 0) is 59.7 Å². The van der Waals surface area contributed by atoms with Crippen LogP contribution in [0.25, 0.3) is 0 Å². The first-order valence-electron chi connectivity index (χ1n) is 8.75. The number of hydrogen-bond acceptors (Lipinski definition) is 5. The molecule has 1 aliphatic rings. The Kier molecular flexibility index (Phi) is 6.77. The topological polar surface area (TPSA) is 84.5 Å². The summed E-state index contributed by atoms with van der Waals surface area (Å²) in [6.07, 6.45) is 1.99. The molecule has 2 rings (SSSR count). The average Bonchev–Trinajstić information content (AvgIpc) is 2.80. The maximum Gasteiger partial charge on any atom is 0.238 e. The molecule has 1 unspecified atom stereocenters. The number of H-pyrrole nitrogens is 1.